The van der Waals surface area contributed by atoms with Crippen LogP contribution in [0.3, 0.4) is 0 Å². The Morgan fingerprint density at radius 3 is 2.45 bits per heavy atom. The fraction of sp³-hybridized carbons (Fsp3) is 0.0909. The molecule has 4 aromatic rings. The number of halogens is 1. The van der Waals surface area contributed by atoms with Gasteiger partial charge >= 0.3 is 0 Å². The number of carbonyl (C=O) groups is 1. The first-order valence-corrected chi connectivity index (χ1v) is 9.06. The van der Waals surface area contributed by atoms with Crippen LogP contribution in [-0.2, 0) is 6.54 Å². The summed E-state index contributed by atoms with van der Waals surface area (Å²) in [6.45, 7) is 0.506. The molecule has 0 atom stereocenters. The van der Waals surface area contributed by atoms with E-state index in [0.717, 1.165) is 10.2 Å². The van der Waals surface area contributed by atoms with Crippen LogP contribution in [0.25, 0.3) is 11.5 Å². The number of hydrogen-bond acceptors (Lipinski definition) is 5. The minimum absolute atomic E-state index is 0.0701. The van der Waals surface area contributed by atoms with Crippen LogP contribution in [0, 0.1) is 5.82 Å². The normalized spacial score (nSPS) is 10.7. The van der Waals surface area contributed by atoms with Gasteiger partial charge in [0.05, 0.1) is 5.56 Å². The highest BCUT2D eigenvalue weighted by Gasteiger charge is 2.23. The fourth-order valence-electron chi connectivity index (χ4n) is 2.97. The second kappa shape index (κ2) is 8.02. The van der Waals surface area contributed by atoms with Crippen molar-refractivity contribution in [3.63, 3.8) is 0 Å². The van der Waals surface area contributed by atoms with Crippen LogP contribution in [0.15, 0.2) is 79.0 Å². The molecule has 29 heavy (non-hydrogen) atoms. The van der Waals surface area contributed by atoms with E-state index in [0.29, 0.717) is 24.0 Å². The summed E-state index contributed by atoms with van der Waals surface area (Å²) < 4.78 is 15.4. The number of rotatable bonds is 5. The molecule has 144 valence electrons. The SMILES string of the molecule is CN(Cc1ccccc1)c1nc(-c2ccccn2)nn1C(=O)c1ccccc1F. The van der Waals surface area contributed by atoms with E-state index in [1.54, 1.807) is 29.3 Å². The average Bonchev–Trinajstić information content (AvgIpc) is 3.21. The lowest BCUT2D eigenvalue weighted by atomic mass is 10.2. The van der Waals surface area contributed by atoms with E-state index in [9.17, 15) is 9.18 Å². The van der Waals surface area contributed by atoms with Crippen molar-refractivity contribution in [2.45, 2.75) is 6.54 Å². The highest BCUT2D eigenvalue weighted by atomic mass is 19.1. The van der Waals surface area contributed by atoms with E-state index in [1.807, 2.05) is 43.4 Å². The zero-order chi connectivity index (χ0) is 20.2. The first-order chi connectivity index (χ1) is 14.1. The van der Waals surface area contributed by atoms with Crippen LogP contribution < -0.4 is 4.90 Å². The summed E-state index contributed by atoms with van der Waals surface area (Å²) in [5.74, 6) is -0.593. The van der Waals surface area contributed by atoms with Gasteiger partial charge in [0.15, 0.2) is 0 Å². The van der Waals surface area contributed by atoms with Crippen molar-refractivity contribution in [3.05, 3.63) is 95.9 Å². The van der Waals surface area contributed by atoms with Crippen LogP contribution in [-0.4, -0.2) is 32.7 Å². The number of carbonyl (C=O) groups excluding carboxylic acids is 1. The molecule has 4 rings (SSSR count). The van der Waals surface area contributed by atoms with Crippen molar-refractivity contribution in [2.24, 2.45) is 0 Å². The molecular weight excluding hydrogens is 369 g/mol. The van der Waals surface area contributed by atoms with Gasteiger partial charge in [-0.25, -0.2) is 4.39 Å². The third-order valence-electron chi connectivity index (χ3n) is 4.38. The quantitative estimate of drug-likeness (QED) is 0.521. The molecule has 2 aromatic carbocycles. The smallest absolute Gasteiger partial charge is 0.284 e. The molecule has 0 unspecified atom stereocenters. The molecule has 0 spiro atoms. The molecule has 0 aliphatic carbocycles. The van der Waals surface area contributed by atoms with Gasteiger partial charge in [0.25, 0.3) is 5.91 Å². The number of benzene rings is 2. The predicted octanol–water partition coefficient (Wildman–Crippen LogP) is 3.80. The molecule has 0 N–H and O–H groups in total. The molecule has 0 radical (unpaired) electrons. The minimum Gasteiger partial charge on any atom is -0.339 e. The van der Waals surface area contributed by atoms with Crippen molar-refractivity contribution in [1.29, 1.82) is 0 Å². The number of nitrogens with zero attached hydrogens (tertiary/aromatic N) is 5. The summed E-state index contributed by atoms with van der Waals surface area (Å²) in [6.07, 6.45) is 1.63. The summed E-state index contributed by atoms with van der Waals surface area (Å²) in [5, 5.41) is 4.35. The Morgan fingerprint density at radius 2 is 1.72 bits per heavy atom. The van der Waals surface area contributed by atoms with Gasteiger partial charge in [-0.2, -0.15) is 9.67 Å². The molecule has 0 saturated carbocycles. The topological polar surface area (TPSA) is 63.9 Å². The van der Waals surface area contributed by atoms with Crippen LogP contribution >= 0.6 is 0 Å². The van der Waals surface area contributed by atoms with E-state index < -0.39 is 11.7 Å². The fourth-order valence-corrected chi connectivity index (χ4v) is 2.97. The predicted molar refractivity (Wildman–Crippen MR) is 108 cm³/mol. The zero-order valence-electron chi connectivity index (χ0n) is 15.7. The Balaban J connectivity index is 1.77. The van der Waals surface area contributed by atoms with Crippen molar-refractivity contribution < 1.29 is 9.18 Å². The van der Waals surface area contributed by atoms with Gasteiger partial charge in [0.1, 0.15) is 11.5 Å². The van der Waals surface area contributed by atoms with Gasteiger partial charge in [-0.15, -0.1) is 5.10 Å². The van der Waals surface area contributed by atoms with Crippen LogP contribution in [0.2, 0.25) is 0 Å². The van der Waals surface area contributed by atoms with Gasteiger partial charge < -0.3 is 4.90 Å². The van der Waals surface area contributed by atoms with Crippen molar-refractivity contribution >= 4 is 11.9 Å². The maximum atomic E-state index is 14.2. The molecule has 0 amide bonds. The second-order valence-electron chi connectivity index (χ2n) is 6.49. The number of anilines is 1. The van der Waals surface area contributed by atoms with Gasteiger partial charge in [-0.05, 0) is 29.8 Å². The van der Waals surface area contributed by atoms with Crippen molar-refractivity contribution in [1.82, 2.24) is 19.7 Å². The van der Waals surface area contributed by atoms with Gasteiger partial charge in [0.2, 0.25) is 11.8 Å². The Bertz CT molecular complexity index is 1130. The molecule has 2 heterocycles. The third-order valence-corrected chi connectivity index (χ3v) is 4.38. The standard InChI is InChI=1S/C22H18FN5O/c1-27(15-16-9-3-2-4-10-16)22-25-20(19-13-7-8-14-24-19)26-28(22)21(29)17-11-5-6-12-18(17)23/h2-14H,15H2,1H3. The van der Waals surface area contributed by atoms with Crippen LogP contribution in [0.1, 0.15) is 15.9 Å². The Labute approximate surface area is 167 Å². The van der Waals surface area contributed by atoms with E-state index in [-0.39, 0.29) is 5.56 Å². The first kappa shape index (κ1) is 18.5. The lowest BCUT2D eigenvalue weighted by Crippen LogP contribution is -2.25. The number of hydrogen-bond donors (Lipinski definition) is 0. The summed E-state index contributed by atoms with van der Waals surface area (Å²) >= 11 is 0. The summed E-state index contributed by atoms with van der Waals surface area (Å²) in [4.78, 5) is 23.6. The highest BCUT2D eigenvalue weighted by Crippen LogP contribution is 2.21. The van der Waals surface area contributed by atoms with Crippen LogP contribution in [0.4, 0.5) is 10.3 Å². The second-order valence-corrected chi connectivity index (χ2v) is 6.49. The minimum atomic E-state index is -0.607. The average molecular weight is 387 g/mol. The van der Waals surface area contributed by atoms with Crippen molar-refractivity contribution in [3.8, 4) is 11.5 Å². The Hall–Kier alpha value is -3.87. The molecule has 7 heteroatoms. The zero-order valence-corrected chi connectivity index (χ0v) is 15.7. The lowest BCUT2D eigenvalue weighted by Gasteiger charge is -2.18. The molecule has 0 saturated heterocycles. The molecule has 0 aliphatic heterocycles. The van der Waals surface area contributed by atoms with Gasteiger partial charge in [-0.3, -0.25) is 9.78 Å². The van der Waals surface area contributed by atoms with Gasteiger partial charge in [0, 0.05) is 19.8 Å². The summed E-state index contributed by atoms with van der Waals surface area (Å²) in [5.41, 5.74) is 1.50. The molecule has 2 aromatic heterocycles. The van der Waals surface area contributed by atoms with Crippen LogP contribution in [0.5, 0.6) is 0 Å². The number of aromatic nitrogens is 4. The van der Waals surface area contributed by atoms with E-state index in [2.05, 4.69) is 15.1 Å². The molecule has 6 nitrogen and oxygen atoms in total. The Kier molecular flexibility index (Phi) is 5.11. The summed E-state index contributed by atoms with van der Waals surface area (Å²) in [7, 11) is 1.81. The monoisotopic (exact) mass is 387 g/mol. The molecule has 0 bridgehead atoms. The van der Waals surface area contributed by atoms with E-state index in [1.165, 1.54) is 18.2 Å². The first-order valence-electron chi connectivity index (χ1n) is 9.06. The van der Waals surface area contributed by atoms with E-state index in [4.69, 9.17) is 0 Å². The molecule has 0 fully saturated rings. The third kappa shape index (κ3) is 3.89. The molecule has 0 aliphatic rings. The van der Waals surface area contributed by atoms with Crippen molar-refractivity contribution in [2.75, 3.05) is 11.9 Å². The Morgan fingerprint density at radius 1 is 1.00 bits per heavy atom. The van der Waals surface area contributed by atoms with Gasteiger partial charge in [-0.1, -0.05) is 48.5 Å². The molecular formula is C22H18FN5O. The maximum absolute atomic E-state index is 14.2. The summed E-state index contributed by atoms with van der Waals surface area (Å²) in [6, 6.07) is 21.0. The maximum Gasteiger partial charge on any atom is 0.284 e. The largest absolute Gasteiger partial charge is 0.339 e. The number of pyridine rings is 1. The highest BCUT2D eigenvalue weighted by molar-refractivity contribution is 5.97. The lowest BCUT2D eigenvalue weighted by molar-refractivity contribution is 0.0942. The van der Waals surface area contributed by atoms with E-state index >= 15 is 0 Å².